The summed E-state index contributed by atoms with van der Waals surface area (Å²) in [6.07, 6.45) is 1.65. The third-order valence-electron chi connectivity index (χ3n) is 4.81. The number of thiazole rings is 1. The van der Waals surface area contributed by atoms with Crippen LogP contribution in [0.5, 0.6) is 17.2 Å². The molecule has 1 aliphatic heterocycles. The molecule has 0 aliphatic carbocycles. The number of benzene rings is 2. The molecule has 0 saturated carbocycles. The van der Waals surface area contributed by atoms with Crippen LogP contribution in [0.4, 0.5) is 0 Å². The van der Waals surface area contributed by atoms with Gasteiger partial charge < -0.3 is 14.2 Å². The van der Waals surface area contributed by atoms with Crippen molar-refractivity contribution in [3.05, 3.63) is 64.5 Å². The number of methoxy groups -OCH3 is 2. The average molecular weight is 418 g/mol. The maximum Gasteiger partial charge on any atom is 0.176 e. The molecule has 150 valence electrons. The van der Waals surface area contributed by atoms with Crippen molar-refractivity contribution >= 4 is 22.7 Å². The minimum absolute atomic E-state index is 0.0544. The van der Waals surface area contributed by atoms with Gasteiger partial charge in [0.25, 0.3) is 0 Å². The second kappa shape index (κ2) is 8.39. The first-order valence-corrected chi connectivity index (χ1v) is 10.1. The molecule has 3 aromatic rings. The van der Waals surface area contributed by atoms with E-state index in [0.29, 0.717) is 39.1 Å². The van der Waals surface area contributed by atoms with E-state index in [-0.39, 0.29) is 12.4 Å². The van der Waals surface area contributed by atoms with E-state index >= 15 is 0 Å². The largest absolute Gasteiger partial charge is 0.493 e. The topological polar surface area (TPSA) is 81.4 Å². The highest BCUT2D eigenvalue weighted by Crippen LogP contribution is 2.34. The molecule has 1 atom stereocenters. The van der Waals surface area contributed by atoms with Gasteiger partial charge in [0, 0.05) is 10.9 Å². The number of aromatic nitrogens is 1. The van der Waals surface area contributed by atoms with Crippen molar-refractivity contribution in [3.63, 3.8) is 0 Å². The summed E-state index contributed by atoms with van der Waals surface area (Å²) >= 11 is 1.35. The van der Waals surface area contributed by atoms with Crippen LogP contribution in [0.25, 0.3) is 16.8 Å². The zero-order chi connectivity index (χ0) is 21.1. The Bertz CT molecular complexity index is 1180. The Morgan fingerprint density at radius 1 is 1.23 bits per heavy atom. The second-order valence-electron chi connectivity index (χ2n) is 6.58. The molecule has 1 unspecified atom stereocenters. The summed E-state index contributed by atoms with van der Waals surface area (Å²) in [5, 5.41) is 12.1. The number of ether oxygens (including phenoxy) is 3. The smallest absolute Gasteiger partial charge is 0.176 e. The lowest BCUT2D eigenvalue weighted by atomic mass is 9.93. The Hall–Kier alpha value is -3.63. The van der Waals surface area contributed by atoms with Crippen LogP contribution in [0.15, 0.2) is 53.9 Å². The van der Waals surface area contributed by atoms with Crippen molar-refractivity contribution in [2.75, 3.05) is 20.8 Å². The number of rotatable bonds is 5. The molecule has 0 radical (unpaired) electrons. The van der Waals surface area contributed by atoms with Gasteiger partial charge in [0.15, 0.2) is 17.3 Å². The number of carbonyl (C=O) groups excluding carboxylic acids is 1. The second-order valence-corrected chi connectivity index (χ2v) is 7.44. The van der Waals surface area contributed by atoms with E-state index in [4.69, 9.17) is 14.2 Å². The van der Waals surface area contributed by atoms with E-state index in [1.54, 1.807) is 38.5 Å². The molecule has 0 N–H and O–H groups in total. The molecule has 2 aromatic carbocycles. The van der Waals surface area contributed by atoms with Crippen molar-refractivity contribution in [1.82, 2.24) is 4.98 Å². The monoisotopic (exact) mass is 418 g/mol. The van der Waals surface area contributed by atoms with Crippen LogP contribution in [-0.2, 0) is 0 Å². The van der Waals surface area contributed by atoms with Crippen LogP contribution in [-0.4, -0.2) is 31.6 Å². The molecule has 30 heavy (non-hydrogen) atoms. The Labute approximate surface area is 178 Å². The van der Waals surface area contributed by atoms with E-state index in [1.807, 2.05) is 29.6 Å². The van der Waals surface area contributed by atoms with Gasteiger partial charge in [-0.1, -0.05) is 12.1 Å². The summed E-state index contributed by atoms with van der Waals surface area (Å²) < 4.78 is 16.3. The zero-order valence-electron chi connectivity index (χ0n) is 16.4. The van der Waals surface area contributed by atoms with E-state index in [0.717, 1.165) is 5.56 Å². The average Bonchev–Trinajstić information content (AvgIpc) is 3.28. The molecular weight excluding hydrogens is 400 g/mol. The Morgan fingerprint density at radius 3 is 2.80 bits per heavy atom. The predicted octanol–water partition coefficient (Wildman–Crippen LogP) is 4.63. The fraction of sp³-hybridized carbons (Fsp3) is 0.174. The molecule has 1 aromatic heterocycles. The highest BCUT2D eigenvalue weighted by Gasteiger charge is 2.28. The maximum absolute atomic E-state index is 12.8. The van der Waals surface area contributed by atoms with Gasteiger partial charge in [-0.25, -0.2) is 4.98 Å². The first-order valence-electron chi connectivity index (χ1n) is 9.21. The van der Waals surface area contributed by atoms with E-state index in [1.165, 1.54) is 11.3 Å². The lowest BCUT2D eigenvalue weighted by molar-refractivity contribution is 0.0874. The van der Waals surface area contributed by atoms with E-state index < -0.39 is 5.92 Å². The van der Waals surface area contributed by atoms with Crippen LogP contribution >= 0.6 is 11.3 Å². The van der Waals surface area contributed by atoms with Gasteiger partial charge in [-0.2, -0.15) is 5.26 Å². The van der Waals surface area contributed by atoms with Crippen LogP contribution in [0.3, 0.4) is 0 Å². The summed E-state index contributed by atoms with van der Waals surface area (Å²) in [6, 6.07) is 14.8. The number of para-hydroxylation sites is 1. The summed E-state index contributed by atoms with van der Waals surface area (Å²) in [4.78, 5) is 17.4. The van der Waals surface area contributed by atoms with Gasteiger partial charge in [-0.05, 0) is 36.4 Å². The Morgan fingerprint density at radius 2 is 2.03 bits per heavy atom. The summed E-state index contributed by atoms with van der Waals surface area (Å²) in [6.45, 7) is 0.203. The predicted molar refractivity (Wildman–Crippen MR) is 114 cm³/mol. The number of nitrogens with zero attached hydrogens (tertiary/aromatic N) is 2. The third-order valence-corrected chi connectivity index (χ3v) is 5.69. The number of allylic oxidation sites excluding steroid dienone is 1. The summed E-state index contributed by atoms with van der Waals surface area (Å²) in [5.41, 5.74) is 2.45. The SMILES string of the molecule is COc1ccc(-c2csc(C(C#N)=CC3COc4ccccc4C3=O)n2)cc1OC. The molecule has 0 spiro atoms. The molecule has 7 heteroatoms. The number of nitriles is 1. The molecule has 0 amide bonds. The van der Waals surface area contributed by atoms with Crippen LogP contribution in [0, 0.1) is 17.2 Å². The van der Waals surface area contributed by atoms with Gasteiger partial charge in [-0.15, -0.1) is 11.3 Å². The van der Waals surface area contributed by atoms with Crippen molar-refractivity contribution < 1.29 is 19.0 Å². The minimum atomic E-state index is -0.525. The van der Waals surface area contributed by atoms with E-state index in [9.17, 15) is 10.1 Å². The molecule has 1 aliphatic rings. The Balaban J connectivity index is 1.62. The van der Waals surface area contributed by atoms with Gasteiger partial charge in [-0.3, -0.25) is 4.79 Å². The quantitative estimate of drug-likeness (QED) is 0.562. The van der Waals surface area contributed by atoms with Gasteiger partial charge in [0.1, 0.15) is 23.4 Å². The van der Waals surface area contributed by atoms with Crippen LogP contribution in [0.2, 0.25) is 0 Å². The number of carbonyl (C=O) groups is 1. The van der Waals surface area contributed by atoms with Crippen molar-refractivity contribution in [2.24, 2.45) is 5.92 Å². The fourth-order valence-corrected chi connectivity index (χ4v) is 4.06. The molecule has 0 saturated heterocycles. The number of hydrogen-bond acceptors (Lipinski definition) is 7. The van der Waals surface area contributed by atoms with Crippen LogP contribution in [0.1, 0.15) is 15.4 Å². The first kappa shape index (κ1) is 19.7. The highest BCUT2D eigenvalue weighted by molar-refractivity contribution is 7.11. The molecule has 0 bridgehead atoms. The van der Waals surface area contributed by atoms with Crippen molar-refractivity contribution in [1.29, 1.82) is 5.26 Å². The number of Topliss-reactive ketones (excluding diaryl/α,β-unsaturated/α-hetero) is 1. The molecule has 0 fully saturated rings. The van der Waals surface area contributed by atoms with Gasteiger partial charge in [0.2, 0.25) is 0 Å². The highest BCUT2D eigenvalue weighted by atomic mass is 32.1. The number of fused-ring (bicyclic) bond motifs is 1. The Kier molecular flexibility index (Phi) is 5.50. The maximum atomic E-state index is 12.8. The normalized spacial score (nSPS) is 15.7. The molecule has 4 rings (SSSR count). The molecule has 2 heterocycles. The first-order chi connectivity index (χ1) is 14.6. The van der Waals surface area contributed by atoms with Crippen LogP contribution < -0.4 is 14.2 Å². The minimum Gasteiger partial charge on any atom is -0.493 e. The number of hydrogen-bond donors (Lipinski definition) is 0. The van der Waals surface area contributed by atoms with Gasteiger partial charge >= 0.3 is 0 Å². The van der Waals surface area contributed by atoms with Gasteiger partial charge in [0.05, 0.1) is 37.0 Å². The standard InChI is InChI=1S/C23H18N2O4S/c1-27-20-8-7-14(10-21(20)28-2)18-13-30-23(25-18)15(11-24)9-16-12-29-19-6-4-3-5-17(19)22(16)26/h3-10,13,16H,12H2,1-2H3. The zero-order valence-corrected chi connectivity index (χ0v) is 17.2. The molecule has 6 nitrogen and oxygen atoms in total. The molecular formula is C23H18N2O4S. The lowest BCUT2D eigenvalue weighted by Crippen LogP contribution is -2.26. The lowest BCUT2D eigenvalue weighted by Gasteiger charge is -2.21. The number of ketones is 1. The third kappa shape index (κ3) is 3.65. The van der Waals surface area contributed by atoms with Crippen molar-refractivity contribution in [3.8, 4) is 34.6 Å². The van der Waals surface area contributed by atoms with Crippen molar-refractivity contribution in [2.45, 2.75) is 0 Å². The van der Waals surface area contributed by atoms with E-state index in [2.05, 4.69) is 11.1 Å². The summed E-state index contributed by atoms with van der Waals surface area (Å²) in [7, 11) is 3.16. The fourth-order valence-electron chi connectivity index (χ4n) is 3.26. The summed E-state index contributed by atoms with van der Waals surface area (Å²) in [5.74, 6) is 1.23.